The van der Waals surface area contributed by atoms with Crippen LogP contribution in [0, 0.1) is 19.8 Å². The van der Waals surface area contributed by atoms with Crippen LogP contribution in [0.2, 0.25) is 5.02 Å². The Morgan fingerprint density at radius 3 is 2.27 bits per heavy atom. The Labute approximate surface area is 243 Å². The van der Waals surface area contributed by atoms with E-state index in [0.717, 1.165) is 18.4 Å². The number of nitrogens with one attached hydrogen (secondary N) is 2. The summed E-state index contributed by atoms with van der Waals surface area (Å²) in [5.74, 6) is -1.06. The lowest BCUT2D eigenvalue weighted by Crippen LogP contribution is -2.54. The highest BCUT2D eigenvalue weighted by atomic mass is 35.5. The van der Waals surface area contributed by atoms with Crippen LogP contribution in [0.15, 0.2) is 36.4 Å². The molecule has 0 saturated carbocycles. The number of halogens is 1. The molecule has 0 aliphatic heterocycles. The average Bonchev–Trinajstić information content (AvgIpc) is 2.84. The van der Waals surface area contributed by atoms with Crippen molar-refractivity contribution in [2.24, 2.45) is 5.92 Å². The molecule has 3 amide bonds. The van der Waals surface area contributed by atoms with Crippen molar-refractivity contribution in [3.8, 4) is 5.75 Å². The van der Waals surface area contributed by atoms with Gasteiger partial charge >= 0.3 is 6.09 Å². The van der Waals surface area contributed by atoms with Crippen LogP contribution in [0.4, 0.5) is 10.5 Å². The zero-order chi connectivity index (χ0) is 30.2. The van der Waals surface area contributed by atoms with Crippen molar-refractivity contribution in [2.45, 2.75) is 92.3 Å². The van der Waals surface area contributed by atoms with Crippen molar-refractivity contribution in [1.29, 1.82) is 0 Å². The van der Waals surface area contributed by atoms with E-state index in [1.54, 1.807) is 52.0 Å². The summed E-state index contributed by atoms with van der Waals surface area (Å²) in [5, 5.41) is 16.2. The lowest BCUT2D eigenvalue weighted by molar-refractivity contribution is -0.141. The summed E-state index contributed by atoms with van der Waals surface area (Å²) in [7, 11) is 0. The molecule has 0 aliphatic rings. The Bertz CT molecular complexity index is 1170. The molecule has 2 rings (SSSR count). The number of benzene rings is 2. The number of carbonyl (C=O) groups excluding carboxylic acids is 3. The fourth-order valence-electron chi connectivity index (χ4n) is 4.33. The third-order valence-corrected chi connectivity index (χ3v) is 6.77. The molecule has 40 heavy (non-hydrogen) atoms. The molecular formula is C31H44ClN3O5. The lowest BCUT2D eigenvalue weighted by atomic mass is 9.97. The van der Waals surface area contributed by atoms with Crippen LogP contribution in [0.3, 0.4) is 0 Å². The Balaban J connectivity index is 2.61. The number of carbonyl (C=O) groups is 3. The van der Waals surface area contributed by atoms with Crippen molar-refractivity contribution in [2.75, 3.05) is 11.9 Å². The number of rotatable bonds is 11. The first-order valence-electron chi connectivity index (χ1n) is 13.8. The number of nitrogens with zero attached hydrogens (tertiary/aromatic N) is 1. The van der Waals surface area contributed by atoms with E-state index in [1.807, 2.05) is 26.8 Å². The molecule has 0 aromatic heterocycles. The lowest BCUT2D eigenvalue weighted by Gasteiger charge is -2.36. The molecule has 9 heteroatoms. The van der Waals surface area contributed by atoms with Gasteiger partial charge in [0.05, 0.1) is 10.7 Å². The van der Waals surface area contributed by atoms with Crippen LogP contribution in [0.5, 0.6) is 5.75 Å². The second-order valence-electron chi connectivity index (χ2n) is 11.5. The molecule has 0 saturated heterocycles. The molecule has 0 bridgehead atoms. The number of aromatic hydroxyl groups is 1. The Kier molecular flexibility index (Phi) is 11.9. The summed E-state index contributed by atoms with van der Waals surface area (Å²) in [6.07, 6.45) is 1.72. The number of hydrogen-bond donors (Lipinski definition) is 3. The molecule has 0 aliphatic carbocycles. The van der Waals surface area contributed by atoms with Gasteiger partial charge in [0.25, 0.3) is 5.91 Å². The topological polar surface area (TPSA) is 108 Å². The highest BCUT2D eigenvalue weighted by molar-refractivity contribution is 6.34. The summed E-state index contributed by atoms with van der Waals surface area (Å²) >= 11 is 6.43. The molecule has 0 heterocycles. The van der Waals surface area contributed by atoms with Crippen LogP contribution in [0.25, 0.3) is 0 Å². The van der Waals surface area contributed by atoms with E-state index in [4.69, 9.17) is 16.3 Å². The molecule has 0 spiro atoms. The largest absolute Gasteiger partial charge is 0.508 e. The van der Waals surface area contributed by atoms with Gasteiger partial charge in [0.15, 0.2) is 0 Å². The van der Waals surface area contributed by atoms with E-state index in [2.05, 4.69) is 17.6 Å². The van der Waals surface area contributed by atoms with Crippen molar-refractivity contribution >= 4 is 35.2 Å². The number of phenols is 1. The molecule has 0 fully saturated rings. The van der Waals surface area contributed by atoms with Gasteiger partial charge in [-0.25, -0.2) is 4.79 Å². The minimum atomic E-state index is -1.05. The van der Waals surface area contributed by atoms with Gasteiger partial charge in [-0.2, -0.15) is 0 Å². The van der Waals surface area contributed by atoms with Crippen molar-refractivity contribution < 1.29 is 24.2 Å². The summed E-state index contributed by atoms with van der Waals surface area (Å²) < 4.78 is 5.43. The van der Waals surface area contributed by atoms with E-state index in [-0.39, 0.29) is 18.2 Å². The maximum absolute atomic E-state index is 14.2. The van der Waals surface area contributed by atoms with Gasteiger partial charge in [0, 0.05) is 6.54 Å². The SMILES string of the molecule is CCCCCN(C(=O)C(NC(=O)OC(C)(C)C)C(C)C)C(C(=O)Nc1c(C)cccc1Cl)c1ccc(O)c(C)c1. The zero-order valence-corrected chi connectivity index (χ0v) is 25.7. The normalized spacial score (nSPS) is 12.9. The summed E-state index contributed by atoms with van der Waals surface area (Å²) in [5.41, 5.74) is 1.59. The highest BCUT2D eigenvalue weighted by Gasteiger charge is 2.37. The highest BCUT2D eigenvalue weighted by Crippen LogP contribution is 2.31. The molecule has 8 nitrogen and oxygen atoms in total. The smallest absolute Gasteiger partial charge is 0.408 e. The van der Waals surface area contributed by atoms with E-state index in [1.165, 1.54) is 11.0 Å². The predicted molar refractivity (Wildman–Crippen MR) is 160 cm³/mol. The minimum absolute atomic E-state index is 0.0837. The fraction of sp³-hybridized carbons (Fsp3) is 0.516. The number of para-hydroxylation sites is 1. The molecule has 2 aromatic rings. The molecule has 2 aromatic carbocycles. The van der Waals surface area contributed by atoms with E-state index in [9.17, 15) is 19.5 Å². The van der Waals surface area contributed by atoms with Crippen molar-refractivity contribution in [3.05, 3.63) is 58.1 Å². The molecule has 3 N–H and O–H groups in total. The van der Waals surface area contributed by atoms with E-state index < -0.39 is 35.6 Å². The van der Waals surface area contributed by atoms with Crippen LogP contribution >= 0.6 is 11.6 Å². The van der Waals surface area contributed by atoms with Gasteiger partial charge in [0.2, 0.25) is 5.91 Å². The zero-order valence-electron chi connectivity index (χ0n) is 24.9. The Hall–Kier alpha value is -3.26. The first-order chi connectivity index (χ1) is 18.7. The Morgan fingerprint density at radius 2 is 1.73 bits per heavy atom. The number of hydrogen-bond acceptors (Lipinski definition) is 5. The predicted octanol–water partition coefficient (Wildman–Crippen LogP) is 6.91. The third kappa shape index (κ3) is 9.15. The quantitative estimate of drug-likeness (QED) is 0.253. The summed E-state index contributed by atoms with van der Waals surface area (Å²) in [6, 6.07) is 8.18. The maximum Gasteiger partial charge on any atom is 0.408 e. The average molecular weight is 574 g/mol. The monoisotopic (exact) mass is 573 g/mol. The molecule has 220 valence electrons. The van der Waals surface area contributed by atoms with Crippen LogP contribution < -0.4 is 10.6 Å². The van der Waals surface area contributed by atoms with Gasteiger partial charge in [-0.1, -0.05) is 63.4 Å². The minimum Gasteiger partial charge on any atom is -0.508 e. The molecule has 0 radical (unpaired) electrons. The number of amides is 3. The van der Waals surface area contributed by atoms with Crippen LogP contribution in [-0.2, 0) is 14.3 Å². The number of aryl methyl sites for hydroxylation is 2. The number of alkyl carbamates (subject to hydrolysis) is 1. The third-order valence-electron chi connectivity index (χ3n) is 6.46. The van der Waals surface area contributed by atoms with Gasteiger partial charge in [-0.15, -0.1) is 0 Å². The van der Waals surface area contributed by atoms with E-state index in [0.29, 0.717) is 28.3 Å². The standard InChI is InChI=1S/C31H44ClN3O5/c1-9-10-11-17-35(29(38)25(19(2)3)34-30(39)40-31(6,7)8)27(22-15-16-24(36)21(5)18-22)28(37)33-26-20(4)13-12-14-23(26)32/h12-16,18-19,25,27,36H,9-11,17H2,1-8H3,(H,33,37)(H,34,39). The number of unbranched alkanes of at least 4 members (excludes halogenated alkanes) is 2. The maximum atomic E-state index is 14.2. The summed E-state index contributed by atoms with van der Waals surface area (Å²) in [4.78, 5) is 42.5. The van der Waals surface area contributed by atoms with Gasteiger partial charge < -0.3 is 25.4 Å². The number of anilines is 1. The van der Waals surface area contributed by atoms with Crippen LogP contribution in [0.1, 0.15) is 83.5 Å². The number of phenolic OH excluding ortho intramolecular Hbond substituents is 1. The second kappa shape index (κ2) is 14.4. The van der Waals surface area contributed by atoms with Crippen molar-refractivity contribution in [1.82, 2.24) is 10.2 Å². The van der Waals surface area contributed by atoms with E-state index >= 15 is 0 Å². The molecule has 2 unspecified atom stereocenters. The number of ether oxygens (including phenoxy) is 1. The van der Waals surface area contributed by atoms with Crippen molar-refractivity contribution in [3.63, 3.8) is 0 Å². The summed E-state index contributed by atoms with van der Waals surface area (Å²) in [6.45, 7) is 14.8. The van der Waals surface area contributed by atoms with Crippen LogP contribution in [-0.4, -0.2) is 46.1 Å². The van der Waals surface area contributed by atoms with Gasteiger partial charge in [-0.05, 0) is 81.8 Å². The molecular weight excluding hydrogens is 530 g/mol. The van der Waals surface area contributed by atoms with Gasteiger partial charge in [-0.3, -0.25) is 9.59 Å². The first kappa shape index (κ1) is 32.9. The Morgan fingerprint density at radius 1 is 1.05 bits per heavy atom. The first-order valence-corrected chi connectivity index (χ1v) is 14.2. The second-order valence-corrected chi connectivity index (χ2v) is 11.9. The fourth-order valence-corrected chi connectivity index (χ4v) is 4.60. The van der Waals surface area contributed by atoms with Gasteiger partial charge in [0.1, 0.15) is 23.4 Å². The molecule has 2 atom stereocenters.